The Balaban J connectivity index is 2.16. The molecule has 0 bridgehead atoms. The first kappa shape index (κ1) is 16.8. The van der Waals surface area contributed by atoms with Gasteiger partial charge in [0.25, 0.3) is 0 Å². The number of halogens is 3. The highest BCUT2D eigenvalue weighted by Crippen LogP contribution is 2.21. The van der Waals surface area contributed by atoms with Gasteiger partial charge in [0.05, 0.1) is 6.10 Å². The quantitative estimate of drug-likeness (QED) is 0.721. The van der Waals surface area contributed by atoms with Crippen LogP contribution in [-0.2, 0) is 6.54 Å². The van der Waals surface area contributed by atoms with Crippen LogP contribution in [0.4, 0.5) is 13.2 Å². The Hall–Kier alpha value is -1.23. The number of unbranched alkanes of at least 4 members (excludes halogenated alkanes) is 1. The molecule has 0 spiro atoms. The monoisotopic (exact) mass is 289 g/mol. The van der Waals surface area contributed by atoms with Gasteiger partial charge in [-0.2, -0.15) is 13.2 Å². The molecule has 5 heteroatoms. The predicted octanol–water partition coefficient (Wildman–Crippen LogP) is 4.30. The van der Waals surface area contributed by atoms with Crippen molar-refractivity contribution >= 4 is 0 Å². The molecule has 0 amide bonds. The van der Waals surface area contributed by atoms with Gasteiger partial charge in [0.15, 0.2) is 0 Å². The molecule has 1 N–H and O–H groups in total. The van der Waals surface area contributed by atoms with Gasteiger partial charge < -0.3 is 10.1 Å². The summed E-state index contributed by atoms with van der Waals surface area (Å²) in [5.74, 6) is 0.828. The maximum Gasteiger partial charge on any atom is 0.389 e. The average molecular weight is 289 g/mol. The lowest BCUT2D eigenvalue weighted by molar-refractivity contribution is -0.135. The Labute approximate surface area is 118 Å². The van der Waals surface area contributed by atoms with Crippen molar-refractivity contribution in [2.75, 3.05) is 6.54 Å². The van der Waals surface area contributed by atoms with Crippen LogP contribution >= 0.6 is 0 Å². The van der Waals surface area contributed by atoms with Crippen LogP contribution in [0.1, 0.15) is 38.7 Å². The Morgan fingerprint density at radius 3 is 2.30 bits per heavy atom. The van der Waals surface area contributed by atoms with Crippen molar-refractivity contribution in [1.82, 2.24) is 5.32 Å². The normalized spacial score (nSPS) is 11.9. The maximum absolute atomic E-state index is 11.9. The van der Waals surface area contributed by atoms with Crippen molar-refractivity contribution in [2.24, 2.45) is 0 Å². The largest absolute Gasteiger partial charge is 0.491 e. The Kier molecular flexibility index (Phi) is 6.85. The van der Waals surface area contributed by atoms with Crippen molar-refractivity contribution in [3.05, 3.63) is 29.8 Å². The lowest BCUT2D eigenvalue weighted by Gasteiger charge is -2.10. The summed E-state index contributed by atoms with van der Waals surface area (Å²) in [6.45, 7) is 5.20. The van der Waals surface area contributed by atoms with Crippen molar-refractivity contribution in [2.45, 2.75) is 51.9 Å². The average Bonchev–Trinajstić information content (AvgIpc) is 2.33. The van der Waals surface area contributed by atoms with Gasteiger partial charge in [-0.3, -0.25) is 0 Å². The summed E-state index contributed by atoms with van der Waals surface area (Å²) in [4.78, 5) is 0. The molecule has 0 heterocycles. The molecule has 0 aliphatic heterocycles. The molecule has 1 aromatic rings. The lowest BCUT2D eigenvalue weighted by atomic mass is 10.2. The van der Waals surface area contributed by atoms with E-state index in [1.54, 1.807) is 0 Å². The first-order valence-electron chi connectivity index (χ1n) is 6.90. The van der Waals surface area contributed by atoms with Crippen LogP contribution in [0.15, 0.2) is 24.3 Å². The third-order valence-electron chi connectivity index (χ3n) is 2.69. The second-order valence-corrected chi connectivity index (χ2v) is 5.06. The molecule has 0 unspecified atom stereocenters. The van der Waals surface area contributed by atoms with Crippen molar-refractivity contribution in [3.63, 3.8) is 0 Å². The summed E-state index contributed by atoms with van der Waals surface area (Å²) in [5.41, 5.74) is 1.09. The van der Waals surface area contributed by atoms with Crippen LogP contribution < -0.4 is 10.1 Å². The number of hydrogen-bond donors (Lipinski definition) is 1. The minimum Gasteiger partial charge on any atom is -0.491 e. The Bertz CT molecular complexity index is 374. The SMILES string of the molecule is CC(C)Oc1ccc(CNCCCCC(F)(F)F)cc1. The summed E-state index contributed by atoms with van der Waals surface area (Å²) in [5, 5.41) is 3.14. The summed E-state index contributed by atoms with van der Waals surface area (Å²) in [7, 11) is 0. The molecular formula is C15H22F3NO. The van der Waals surface area contributed by atoms with Gasteiger partial charge in [0.1, 0.15) is 5.75 Å². The highest BCUT2D eigenvalue weighted by molar-refractivity contribution is 5.27. The van der Waals surface area contributed by atoms with Crippen LogP contribution in [-0.4, -0.2) is 18.8 Å². The van der Waals surface area contributed by atoms with Crippen molar-refractivity contribution < 1.29 is 17.9 Å². The van der Waals surface area contributed by atoms with E-state index in [9.17, 15) is 13.2 Å². The Morgan fingerprint density at radius 2 is 1.75 bits per heavy atom. The first-order chi connectivity index (χ1) is 9.37. The molecule has 0 aliphatic carbocycles. The highest BCUT2D eigenvalue weighted by atomic mass is 19.4. The van der Waals surface area contributed by atoms with Gasteiger partial charge in [-0.05, 0) is 50.9 Å². The van der Waals surface area contributed by atoms with Gasteiger partial charge >= 0.3 is 6.18 Å². The fourth-order valence-electron chi connectivity index (χ4n) is 1.77. The maximum atomic E-state index is 11.9. The highest BCUT2D eigenvalue weighted by Gasteiger charge is 2.25. The molecule has 114 valence electrons. The molecule has 0 aromatic heterocycles. The second kappa shape index (κ2) is 8.15. The fraction of sp³-hybridized carbons (Fsp3) is 0.600. The number of hydrogen-bond acceptors (Lipinski definition) is 2. The fourth-order valence-corrected chi connectivity index (χ4v) is 1.77. The first-order valence-corrected chi connectivity index (χ1v) is 6.90. The molecule has 0 radical (unpaired) electrons. The van der Waals surface area contributed by atoms with E-state index in [4.69, 9.17) is 4.74 Å². The molecule has 1 aromatic carbocycles. The standard InChI is InChI=1S/C15H22F3NO/c1-12(2)20-14-7-5-13(6-8-14)11-19-10-4-3-9-15(16,17)18/h5-8,12,19H,3-4,9-11H2,1-2H3. The smallest absolute Gasteiger partial charge is 0.389 e. The molecule has 20 heavy (non-hydrogen) atoms. The van der Waals surface area contributed by atoms with Gasteiger partial charge in [-0.25, -0.2) is 0 Å². The van der Waals surface area contributed by atoms with E-state index >= 15 is 0 Å². The van der Waals surface area contributed by atoms with E-state index in [0.29, 0.717) is 19.5 Å². The lowest BCUT2D eigenvalue weighted by Crippen LogP contribution is -2.16. The molecule has 1 rings (SSSR count). The number of nitrogens with one attached hydrogen (secondary N) is 1. The third-order valence-corrected chi connectivity index (χ3v) is 2.69. The van der Waals surface area contributed by atoms with Crippen LogP contribution in [0.2, 0.25) is 0 Å². The third kappa shape index (κ3) is 8.04. The number of ether oxygens (including phenoxy) is 1. The zero-order valence-corrected chi connectivity index (χ0v) is 12.0. The number of alkyl halides is 3. The summed E-state index contributed by atoms with van der Waals surface area (Å²) >= 11 is 0. The molecule has 0 fully saturated rings. The van der Waals surface area contributed by atoms with Gasteiger partial charge in [-0.15, -0.1) is 0 Å². The van der Waals surface area contributed by atoms with Gasteiger partial charge in [0, 0.05) is 13.0 Å². The molecule has 0 saturated carbocycles. The van der Waals surface area contributed by atoms with E-state index in [1.165, 1.54) is 0 Å². The summed E-state index contributed by atoms with van der Waals surface area (Å²) in [6, 6.07) is 7.72. The van der Waals surface area contributed by atoms with E-state index in [-0.39, 0.29) is 12.5 Å². The number of benzene rings is 1. The summed E-state index contributed by atoms with van der Waals surface area (Å²) in [6.07, 6.45) is -3.87. The van der Waals surface area contributed by atoms with Crippen LogP contribution in [0, 0.1) is 0 Å². The molecule has 0 aliphatic rings. The van der Waals surface area contributed by atoms with Gasteiger partial charge in [0.2, 0.25) is 0 Å². The van der Waals surface area contributed by atoms with Crippen molar-refractivity contribution in [3.8, 4) is 5.75 Å². The Morgan fingerprint density at radius 1 is 1.10 bits per heavy atom. The molecular weight excluding hydrogens is 267 g/mol. The predicted molar refractivity (Wildman–Crippen MR) is 73.8 cm³/mol. The molecule has 0 saturated heterocycles. The second-order valence-electron chi connectivity index (χ2n) is 5.06. The van der Waals surface area contributed by atoms with Crippen LogP contribution in [0.25, 0.3) is 0 Å². The minimum atomic E-state index is -4.04. The van der Waals surface area contributed by atoms with E-state index < -0.39 is 12.6 Å². The van der Waals surface area contributed by atoms with E-state index in [2.05, 4.69) is 5.32 Å². The van der Waals surface area contributed by atoms with E-state index in [1.807, 2.05) is 38.1 Å². The van der Waals surface area contributed by atoms with Crippen molar-refractivity contribution in [1.29, 1.82) is 0 Å². The zero-order chi connectivity index (χ0) is 15.0. The van der Waals surface area contributed by atoms with E-state index in [0.717, 1.165) is 11.3 Å². The molecule has 0 atom stereocenters. The van der Waals surface area contributed by atoms with Crippen LogP contribution in [0.3, 0.4) is 0 Å². The minimum absolute atomic E-state index is 0.146. The molecule has 2 nitrogen and oxygen atoms in total. The van der Waals surface area contributed by atoms with Gasteiger partial charge in [-0.1, -0.05) is 12.1 Å². The topological polar surface area (TPSA) is 21.3 Å². The zero-order valence-electron chi connectivity index (χ0n) is 12.0. The summed E-state index contributed by atoms with van der Waals surface area (Å²) < 4.78 is 41.3. The number of rotatable bonds is 8. The van der Waals surface area contributed by atoms with Crippen LogP contribution in [0.5, 0.6) is 5.75 Å².